The van der Waals surface area contributed by atoms with Crippen LogP contribution in [-0.4, -0.2) is 30.1 Å². The summed E-state index contributed by atoms with van der Waals surface area (Å²) in [5, 5.41) is 0.444. The number of ether oxygens (including phenoxy) is 3. The molecular weight excluding hydrogens is 268 g/mol. The fourth-order valence-corrected chi connectivity index (χ4v) is 3.43. The lowest BCUT2D eigenvalue weighted by Crippen LogP contribution is -2.16. The van der Waals surface area contributed by atoms with Crippen LogP contribution in [0.1, 0.15) is 38.5 Å². The van der Waals surface area contributed by atoms with Gasteiger partial charge in [0.15, 0.2) is 0 Å². The van der Waals surface area contributed by atoms with Crippen LogP contribution >= 0.6 is 0 Å². The van der Waals surface area contributed by atoms with Gasteiger partial charge in [0.25, 0.3) is 0 Å². The van der Waals surface area contributed by atoms with Crippen molar-refractivity contribution in [3.05, 3.63) is 38.5 Å². The van der Waals surface area contributed by atoms with Gasteiger partial charge in [0.2, 0.25) is 0 Å². The minimum atomic E-state index is 0.444. The highest BCUT2D eigenvalue weighted by Crippen LogP contribution is 2.39. The van der Waals surface area contributed by atoms with Gasteiger partial charge >= 0.3 is 0 Å². The summed E-state index contributed by atoms with van der Waals surface area (Å²) in [4.78, 5) is 0. The van der Waals surface area contributed by atoms with Crippen molar-refractivity contribution in [2.45, 2.75) is 43.6 Å². The van der Waals surface area contributed by atoms with Gasteiger partial charge in [-0.05, 0) is 43.6 Å². The Morgan fingerprint density at radius 1 is 0.700 bits per heavy atom. The Labute approximate surface area is 127 Å². The van der Waals surface area contributed by atoms with Crippen molar-refractivity contribution < 1.29 is 14.2 Å². The number of hydrogen-bond acceptors (Lipinski definition) is 3. The van der Waals surface area contributed by atoms with Gasteiger partial charge in [0.05, 0.1) is 38.6 Å². The van der Waals surface area contributed by atoms with E-state index in [1.165, 1.54) is 48.3 Å². The molecule has 3 nitrogen and oxygen atoms in total. The third kappa shape index (κ3) is 10.7. The van der Waals surface area contributed by atoms with Crippen molar-refractivity contribution in [1.82, 2.24) is 0 Å². The molecular formula is C16H30O3Si. The van der Waals surface area contributed by atoms with Gasteiger partial charge < -0.3 is 14.2 Å². The lowest BCUT2D eigenvalue weighted by atomic mass is 9.91. The van der Waals surface area contributed by atoms with Gasteiger partial charge in [-0.15, -0.1) is 0 Å². The second-order valence-corrected chi connectivity index (χ2v) is 7.36. The highest BCUT2D eigenvalue weighted by Gasteiger charge is 2.23. The predicted molar refractivity (Wildman–Crippen MR) is 88.8 cm³/mol. The lowest BCUT2D eigenvalue weighted by Gasteiger charge is -2.30. The van der Waals surface area contributed by atoms with Crippen LogP contribution in [0.2, 0.25) is 5.04 Å². The van der Waals surface area contributed by atoms with Gasteiger partial charge in [-0.2, -0.15) is 0 Å². The third-order valence-electron chi connectivity index (χ3n) is 3.48. The topological polar surface area (TPSA) is 27.7 Å². The quantitative estimate of drug-likeness (QED) is 0.264. The van der Waals surface area contributed by atoms with Crippen molar-refractivity contribution in [2.75, 3.05) is 19.8 Å². The van der Waals surface area contributed by atoms with Crippen LogP contribution in [-0.2, 0) is 14.2 Å². The molecule has 0 heterocycles. The molecule has 0 aromatic heterocycles. The highest BCUT2D eigenvalue weighted by atomic mass is 28.1. The highest BCUT2D eigenvalue weighted by molar-refractivity contribution is 6.15. The Balaban J connectivity index is 4.07. The van der Waals surface area contributed by atoms with Crippen molar-refractivity contribution in [3.8, 4) is 0 Å². The Hall–Kier alpha value is -1.16. The smallest absolute Gasteiger partial charge is 0.0873 e. The molecule has 4 heteroatoms. The molecule has 0 N–H and O–H groups in total. The van der Waals surface area contributed by atoms with E-state index in [1.807, 2.05) is 0 Å². The van der Waals surface area contributed by atoms with Gasteiger partial charge in [0.1, 0.15) is 0 Å². The minimum Gasteiger partial charge on any atom is -0.502 e. The first kappa shape index (κ1) is 18.8. The molecule has 116 valence electrons. The molecule has 20 heavy (non-hydrogen) atoms. The van der Waals surface area contributed by atoms with Crippen LogP contribution in [0.25, 0.3) is 0 Å². The van der Waals surface area contributed by atoms with Crippen molar-refractivity contribution in [2.24, 2.45) is 0 Å². The largest absolute Gasteiger partial charge is 0.502 e. The normalized spacial score (nSPS) is 10.8. The SMILES string of the molecule is C=COCCCC([SiH3])(CCCOC=C)CCCOC=C. The van der Waals surface area contributed by atoms with Gasteiger partial charge in [-0.3, -0.25) is 0 Å². The van der Waals surface area contributed by atoms with E-state index in [1.54, 1.807) is 0 Å². The molecule has 0 saturated carbocycles. The predicted octanol–water partition coefficient (Wildman–Crippen LogP) is 3.33. The van der Waals surface area contributed by atoms with E-state index in [9.17, 15) is 0 Å². The van der Waals surface area contributed by atoms with Crippen LogP contribution in [0.3, 0.4) is 0 Å². The maximum Gasteiger partial charge on any atom is 0.0873 e. The Bertz CT molecular complexity index is 226. The zero-order valence-corrected chi connectivity index (χ0v) is 14.9. The van der Waals surface area contributed by atoms with E-state index in [0.29, 0.717) is 5.04 Å². The van der Waals surface area contributed by atoms with Crippen LogP contribution in [0.4, 0.5) is 0 Å². The molecule has 0 aliphatic rings. The van der Waals surface area contributed by atoms with E-state index in [4.69, 9.17) is 14.2 Å². The van der Waals surface area contributed by atoms with E-state index in [2.05, 4.69) is 19.7 Å². The van der Waals surface area contributed by atoms with Crippen molar-refractivity contribution in [3.63, 3.8) is 0 Å². The number of hydrogen-bond donors (Lipinski definition) is 0. The minimum absolute atomic E-state index is 0.444. The lowest BCUT2D eigenvalue weighted by molar-refractivity contribution is 0.206. The average molecular weight is 298 g/mol. The first-order valence-electron chi connectivity index (χ1n) is 7.36. The molecule has 0 aliphatic carbocycles. The molecule has 0 rings (SSSR count). The summed E-state index contributed by atoms with van der Waals surface area (Å²) in [5.41, 5.74) is 0. The Kier molecular flexibility index (Phi) is 12.1. The molecule has 0 amide bonds. The summed E-state index contributed by atoms with van der Waals surface area (Å²) < 4.78 is 15.7. The monoisotopic (exact) mass is 298 g/mol. The standard InChI is InChI=1S/C16H30O3Si/c1-4-17-13-7-10-16(20,11-8-14-18-5-2)12-9-15-19-6-3/h4-6H,1-3,7-15H2,20H3. The molecule has 0 aromatic rings. The van der Waals surface area contributed by atoms with Crippen molar-refractivity contribution >= 4 is 10.2 Å². The van der Waals surface area contributed by atoms with Crippen molar-refractivity contribution in [1.29, 1.82) is 0 Å². The molecule has 0 saturated heterocycles. The molecule has 0 spiro atoms. The van der Waals surface area contributed by atoms with Crippen LogP contribution in [0.15, 0.2) is 38.5 Å². The van der Waals surface area contributed by atoms with Crippen LogP contribution in [0.5, 0.6) is 0 Å². The maximum absolute atomic E-state index is 5.22. The zero-order valence-electron chi connectivity index (χ0n) is 12.9. The Morgan fingerprint density at radius 2 is 1.00 bits per heavy atom. The fourth-order valence-electron chi connectivity index (χ4n) is 2.37. The summed E-state index contributed by atoms with van der Waals surface area (Å²) in [6, 6.07) is 0. The summed E-state index contributed by atoms with van der Waals surface area (Å²) >= 11 is 0. The first-order valence-corrected chi connectivity index (χ1v) is 8.36. The van der Waals surface area contributed by atoms with Crippen LogP contribution < -0.4 is 0 Å². The first-order chi connectivity index (χ1) is 9.68. The maximum atomic E-state index is 5.22. The molecule has 0 fully saturated rings. The molecule has 0 radical (unpaired) electrons. The average Bonchev–Trinajstić information content (AvgIpc) is 2.45. The second kappa shape index (κ2) is 12.8. The summed E-state index contributed by atoms with van der Waals surface area (Å²) in [6.07, 6.45) is 11.4. The van der Waals surface area contributed by atoms with Gasteiger partial charge in [-0.1, -0.05) is 19.7 Å². The van der Waals surface area contributed by atoms with Gasteiger partial charge in [0, 0.05) is 10.2 Å². The summed E-state index contributed by atoms with van der Waals surface area (Å²) in [7, 11) is 1.18. The van der Waals surface area contributed by atoms with E-state index >= 15 is 0 Å². The number of rotatable bonds is 15. The van der Waals surface area contributed by atoms with E-state index in [0.717, 1.165) is 39.1 Å². The van der Waals surface area contributed by atoms with Crippen LogP contribution in [0, 0.1) is 0 Å². The molecule has 0 bridgehead atoms. The third-order valence-corrected chi connectivity index (χ3v) is 4.98. The molecule has 0 aliphatic heterocycles. The molecule has 0 atom stereocenters. The molecule has 0 aromatic carbocycles. The second-order valence-electron chi connectivity index (χ2n) is 5.23. The summed E-state index contributed by atoms with van der Waals surface area (Å²) in [6.45, 7) is 13.0. The van der Waals surface area contributed by atoms with Gasteiger partial charge in [-0.25, -0.2) is 0 Å². The molecule has 0 unspecified atom stereocenters. The Morgan fingerprint density at radius 3 is 1.25 bits per heavy atom. The summed E-state index contributed by atoms with van der Waals surface area (Å²) in [5.74, 6) is 0. The van der Waals surface area contributed by atoms with E-state index < -0.39 is 0 Å². The van der Waals surface area contributed by atoms with E-state index in [-0.39, 0.29) is 0 Å². The zero-order chi connectivity index (χ0) is 15.1. The fraction of sp³-hybridized carbons (Fsp3) is 0.625.